The monoisotopic (exact) mass is 318 g/mol. The van der Waals surface area contributed by atoms with Crippen molar-refractivity contribution in [2.75, 3.05) is 7.11 Å². The first-order valence-electron chi connectivity index (χ1n) is 4.30. The quantitative estimate of drug-likeness (QED) is 0.486. The van der Waals surface area contributed by atoms with E-state index in [1.165, 1.54) is 13.2 Å². The lowest BCUT2D eigenvalue weighted by Crippen LogP contribution is -2.26. The van der Waals surface area contributed by atoms with E-state index in [1.54, 1.807) is 12.1 Å². The van der Waals surface area contributed by atoms with E-state index >= 15 is 0 Å². The summed E-state index contributed by atoms with van der Waals surface area (Å²) in [5.41, 5.74) is 0. The molecule has 15 heavy (non-hydrogen) atoms. The molecule has 0 spiro atoms. The van der Waals surface area contributed by atoms with Crippen LogP contribution in [0.5, 0.6) is 5.75 Å². The van der Waals surface area contributed by atoms with Crippen LogP contribution in [0.25, 0.3) is 0 Å². The van der Waals surface area contributed by atoms with Crippen molar-refractivity contribution in [1.82, 2.24) is 0 Å². The van der Waals surface area contributed by atoms with Gasteiger partial charge in [0.25, 0.3) is 0 Å². The number of hydrogen-bond donors (Lipinski definition) is 0. The predicted octanol–water partition coefficient (Wildman–Crippen LogP) is 2.40. The molecule has 1 atom stereocenters. The smallest absolute Gasteiger partial charge is 0.351 e. The summed E-state index contributed by atoms with van der Waals surface area (Å²) >= 11 is 2.19. The van der Waals surface area contributed by atoms with E-state index in [0.717, 1.165) is 3.57 Å². The number of methoxy groups -OCH3 is 1. The van der Waals surface area contributed by atoms with Crippen LogP contribution in [-0.2, 0) is 9.53 Å². The number of carbonyl (C=O) groups is 1. The summed E-state index contributed by atoms with van der Waals surface area (Å²) in [6.07, 6.45) is 0.652. The van der Waals surface area contributed by atoms with Gasteiger partial charge in [0.05, 0.1) is 7.11 Å². The Morgan fingerprint density at radius 3 is 2.53 bits per heavy atom. The molecule has 0 aliphatic heterocycles. The van der Waals surface area contributed by atoms with Crippen molar-refractivity contribution in [3.8, 4) is 5.75 Å². The van der Waals surface area contributed by atoms with Gasteiger partial charge in [-0.25, -0.2) is 4.79 Å². The lowest BCUT2D eigenvalue weighted by molar-refractivity contribution is -0.146. The minimum Gasteiger partial charge on any atom is -0.475 e. The molecule has 1 aromatic rings. The van der Waals surface area contributed by atoms with Crippen LogP contribution in [0.3, 0.4) is 0 Å². The summed E-state index contributed by atoms with van der Waals surface area (Å²) in [6, 6.07) is 7.38. The SMILES string of the molecule is C=CC(Oc1ccc(I)cc1)C(=O)OC. The van der Waals surface area contributed by atoms with Gasteiger partial charge in [0.15, 0.2) is 0 Å². The summed E-state index contributed by atoms with van der Waals surface area (Å²) in [5.74, 6) is 0.161. The Hall–Kier alpha value is -1.04. The third kappa shape index (κ3) is 3.54. The van der Waals surface area contributed by atoms with Crippen LogP contribution in [0.15, 0.2) is 36.9 Å². The first-order chi connectivity index (χ1) is 7.17. The van der Waals surface area contributed by atoms with Gasteiger partial charge in [0, 0.05) is 3.57 Å². The minimum atomic E-state index is -0.755. The molecule has 1 rings (SSSR count). The van der Waals surface area contributed by atoms with Crippen LogP contribution >= 0.6 is 22.6 Å². The van der Waals surface area contributed by atoms with Crippen molar-refractivity contribution in [3.05, 3.63) is 40.5 Å². The highest BCUT2D eigenvalue weighted by Crippen LogP contribution is 2.15. The third-order valence-electron chi connectivity index (χ3n) is 1.72. The topological polar surface area (TPSA) is 35.5 Å². The lowest BCUT2D eigenvalue weighted by Gasteiger charge is -2.12. The van der Waals surface area contributed by atoms with E-state index in [2.05, 4.69) is 33.9 Å². The average Bonchev–Trinajstić information content (AvgIpc) is 2.27. The van der Waals surface area contributed by atoms with Gasteiger partial charge in [-0.2, -0.15) is 0 Å². The highest BCUT2D eigenvalue weighted by molar-refractivity contribution is 14.1. The Kier molecular flexibility index (Phi) is 4.61. The molecule has 0 amide bonds. The first kappa shape index (κ1) is 12.0. The molecule has 0 aliphatic carbocycles. The normalized spacial score (nSPS) is 11.6. The second-order valence-electron chi connectivity index (χ2n) is 2.75. The second-order valence-corrected chi connectivity index (χ2v) is 4.00. The van der Waals surface area contributed by atoms with Gasteiger partial charge in [-0.15, -0.1) is 0 Å². The number of hydrogen-bond acceptors (Lipinski definition) is 3. The fourth-order valence-electron chi connectivity index (χ4n) is 0.968. The van der Waals surface area contributed by atoms with Gasteiger partial charge in [-0.1, -0.05) is 6.58 Å². The van der Waals surface area contributed by atoms with E-state index < -0.39 is 12.1 Å². The van der Waals surface area contributed by atoms with E-state index in [0.29, 0.717) is 5.75 Å². The zero-order valence-corrected chi connectivity index (χ0v) is 10.4. The molecular formula is C11H11IO3. The molecule has 1 unspecified atom stereocenters. The zero-order chi connectivity index (χ0) is 11.3. The maximum atomic E-state index is 11.2. The number of carbonyl (C=O) groups excluding carboxylic acids is 1. The van der Waals surface area contributed by atoms with E-state index in [1.807, 2.05) is 12.1 Å². The molecule has 0 aliphatic rings. The minimum absolute atomic E-state index is 0.455. The number of halogens is 1. The van der Waals surface area contributed by atoms with E-state index in [4.69, 9.17) is 4.74 Å². The molecule has 1 aromatic carbocycles. The van der Waals surface area contributed by atoms with Gasteiger partial charge in [0.1, 0.15) is 5.75 Å². The van der Waals surface area contributed by atoms with Crippen molar-refractivity contribution < 1.29 is 14.3 Å². The van der Waals surface area contributed by atoms with Crippen LogP contribution in [-0.4, -0.2) is 19.2 Å². The summed E-state index contributed by atoms with van der Waals surface area (Å²) in [7, 11) is 1.32. The maximum absolute atomic E-state index is 11.2. The fraction of sp³-hybridized carbons (Fsp3) is 0.182. The molecule has 0 heterocycles. The molecule has 0 bridgehead atoms. The lowest BCUT2D eigenvalue weighted by atomic mass is 10.3. The van der Waals surface area contributed by atoms with Crippen molar-refractivity contribution in [3.63, 3.8) is 0 Å². The molecule has 0 saturated heterocycles. The molecule has 3 nitrogen and oxygen atoms in total. The molecule has 4 heteroatoms. The Balaban J connectivity index is 2.71. The largest absolute Gasteiger partial charge is 0.475 e. The summed E-state index contributed by atoms with van der Waals surface area (Å²) in [4.78, 5) is 11.2. The van der Waals surface area contributed by atoms with Gasteiger partial charge >= 0.3 is 5.97 Å². The van der Waals surface area contributed by atoms with Crippen LogP contribution in [0.1, 0.15) is 0 Å². The number of benzene rings is 1. The molecule has 80 valence electrons. The standard InChI is InChI=1S/C11H11IO3/c1-3-10(11(13)14-2)15-9-6-4-8(12)5-7-9/h3-7,10H,1H2,2H3. The Bertz CT molecular complexity index is 345. The number of esters is 1. The molecule has 0 radical (unpaired) electrons. The number of ether oxygens (including phenoxy) is 2. The van der Waals surface area contributed by atoms with Gasteiger partial charge in [-0.05, 0) is 52.9 Å². The van der Waals surface area contributed by atoms with Crippen LogP contribution in [0, 0.1) is 3.57 Å². The number of rotatable bonds is 4. The maximum Gasteiger partial charge on any atom is 0.351 e. The van der Waals surface area contributed by atoms with Crippen molar-refractivity contribution in [2.45, 2.75) is 6.10 Å². The molecular weight excluding hydrogens is 307 g/mol. The molecule has 0 N–H and O–H groups in total. The third-order valence-corrected chi connectivity index (χ3v) is 2.44. The average molecular weight is 318 g/mol. The van der Waals surface area contributed by atoms with Crippen LogP contribution in [0.2, 0.25) is 0 Å². The molecule has 0 saturated carbocycles. The van der Waals surface area contributed by atoms with Crippen LogP contribution < -0.4 is 4.74 Å². The molecule has 0 fully saturated rings. The van der Waals surface area contributed by atoms with Crippen molar-refractivity contribution in [1.29, 1.82) is 0 Å². The summed E-state index contributed by atoms with van der Waals surface area (Å²) < 4.78 is 11.0. The van der Waals surface area contributed by atoms with Gasteiger partial charge in [0.2, 0.25) is 6.10 Å². The Morgan fingerprint density at radius 1 is 1.47 bits per heavy atom. The second kappa shape index (κ2) is 5.75. The summed E-state index contributed by atoms with van der Waals surface area (Å²) in [5, 5.41) is 0. The Morgan fingerprint density at radius 2 is 2.07 bits per heavy atom. The Labute approximate surface area is 102 Å². The van der Waals surface area contributed by atoms with Crippen LogP contribution in [0.4, 0.5) is 0 Å². The fourth-order valence-corrected chi connectivity index (χ4v) is 1.33. The van der Waals surface area contributed by atoms with E-state index in [-0.39, 0.29) is 0 Å². The van der Waals surface area contributed by atoms with E-state index in [9.17, 15) is 4.79 Å². The van der Waals surface area contributed by atoms with Gasteiger partial charge in [-0.3, -0.25) is 0 Å². The highest BCUT2D eigenvalue weighted by Gasteiger charge is 2.16. The zero-order valence-electron chi connectivity index (χ0n) is 8.27. The molecule has 0 aromatic heterocycles. The summed E-state index contributed by atoms with van der Waals surface area (Å²) in [6.45, 7) is 3.52. The van der Waals surface area contributed by atoms with Crippen molar-refractivity contribution in [2.24, 2.45) is 0 Å². The van der Waals surface area contributed by atoms with Crippen molar-refractivity contribution >= 4 is 28.6 Å². The predicted molar refractivity (Wildman–Crippen MR) is 65.8 cm³/mol. The van der Waals surface area contributed by atoms with Gasteiger partial charge < -0.3 is 9.47 Å². The first-order valence-corrected chi connectivity index (χ1v) is 5.38. The highest BCUT2D eigenvalue weighted by atomic mass is 127.